The van der Waals surface area contributed by atoms with Gasteiger partial charge in [-0.3, -0.25) is 4.79 Å². The molecule has 1 N–H and O–H groups in total. The summed E-state index contributed by atoms with van der Waals surface area (Å²) < 4.78 is 0. The quantitative estimate of drug-likeness (QED) is 0.852. The normalized spacial score (nSPS) is 16.9. The molecule has 0 fully saturated rings. The number of rotatable bonds is 3. The Morgan fingerprint density at radius 1 is 1.14 bits per heavy atom. The van der Waals surface area contributed by atoms with Crippen LogP contribution in [0, 0.1) is 0 Å². The number of hydrogen-bond acceptors (Lipinski definition) is 2. The Kier molecular flexibility index (Phi) is 4.97. The van der Waals surface area contributed by atoms with Crippen LogP contribution in [0.3, 0.4) is 0 Å². The molecule has 0 spiro atoms. The predicted molar refractivity (Wildman–Crippen MR) is 92.8 cm³/mol. The summed E-state index contributed by atoms with van der Waals surface area (Å²) in [4.78, 5) is 13.6. The summed E-state index contributed by atoms with van der Waals surface area (Å²) in [5.74, 6) is 0.955. The van der Waals surface area contributed by atoms with E-state index in [0.717, 1.165) is 12.2 Å². The van der Waals surface area contributed by atoms with Crippen molar-refractivity contribution in [1.82, 2.24) is 5.32 Å². The molecule has 1 amide bonds. The van der Waals surface area contributed by atoms with E-state index in [0.29, 0.717) is 15.6 Å². The molecule has 0 saturated carbocycles. The van der Waals surface area contributed by atoms with Crippen LogP contribution in [0.25, 0.3) is 0 Å². The fourth-order valence-corrected chi connectivity index (χ4v) is 4.26. The molecule has 0 saturated heterocycles. The van der Waals surface area contributed by atoms with Crippen LogP contribution < -0.4 is 5.32 Å². The molecule has 2 nitrogen and oxygen atoms in total. The first-order valence-electron chi connectivity index (χ1n) is 7.09. The zero-order valence-electron chi connectivity index (χ0n) is 11.8. The van der Waals surface area contributed by atoms with E-state index in [2.05, 4.69) is 17.4 Å². The first-order valence-corrected chi connectivity index (χ1v) is 8.83. The Bertz CT molecular complexity index is 685. The maximum Gasteiger partial charge on any atom is 0.225 e. The molecule has 22 heavy (non-hydrogen) atoms. The standard InChI is InChI=1S/C17H15Cl2NOS/c18-13-5-3-6-14(19)12(13)10-17(21)20-15-8-9-22-16-7-2-1-4-11(15)16/h1-7,15H,8-10H2,(H,20,21)/t15-/m0/s1. The Labute approximate surface area is 144 Å². The third-order valence-electron chi connectivity index (χ3n) is 3.69. The highest BCUT2D eigenvalue weighted by molar-refractivity contribution is 7.99. The van der Waals surface area contributed by atoms with Crippen molar-refractivity contribution in [3.8, 4) is 0 Å². The minimum atomic E-state index is -0.0540. The van der Waals surface area contributed by atoms with Crippen LogP contribution in [0.4, 0.5) is 0 Å². The van der Waals surface area contributed by atoms with Gasteiger partial charge in [0.25, 0.3) is 0 Å². The lowest BCUT2D eigenvalue weighted by molar-refractivity contribution is -0.121. The van der Waals surface area contributed by atoms with E-state index in [1.807, 2.05) is 23.9 Å². The molecule has 1 aliphatic rings. The van der Waals surface area contributed by atoms with Crippen molar-refractivity contribution in [3.63, 3.8) is 0 Å². The van der Waals surface area contributed by atoms with Crippen molar-refractivity contribution in [2.24, 2.45) is 0 Å². The summed E-state index contributed by atoms with van der Waals surface area (Å²) in [6.07, 6.45) is 1.13. The number of carbonyl (C=O) groups is 1. The third kappa shape index (κ3) is 3.43. The van der Waals surface area contributed by atoms with Crippen LogP contribution >= 0.6 is 35.0 Å². The largest absolute Gasteiger partial charge is 0.349 e. The SMILES string of the molecule is O=C(Cc1c(Cl)cccc1Cl)N[C@H]1CCSc2ccccc21. The van der Waals surface area contributed by atoms with E-state index in [1.165, 1.54) is 10.5 Å². The smallest absolute Gasteiger partial charge is 0.225 e. The lowest BCUT2D eigenvalue weighted by atomic mass is 10.0. The van der Waals surface area contributed by atoms with Crippen molar-refractivity contribution in [3.05, 3.63) is 63.6 Å². The highest BCUT2D eigenvalue weighted by Crippen LogP contribution is 2.36. The molecule has 2 aromatic carbocycles. The number of amides is 1. The topological polar surface area (TPSA) is 29.1 Å². The van der Waals surface area contributed by atoms with E-state index in [9.17, 15) is 4.79 Å². The van der Waals surface area contributed by atoms with E-state index in [1.54, 1.807) is 18.2 Å². The molecular formula is C17H15Cl2NOS. The Balaban J connectivity index is 1.73. The molecule has 0 unspecified atom stereocenters. The molecule has 114 valence electrons. The van der Waals surface area contributed by atoms with Gasteiger partial charge < -0.3 is 5.32 Å². The number of hydrogen-bond donors (Lipinski definition) is 1. The zero-order chi connectivity index (χ0) is 15.5. The van der Waals surface area contributed by atoms with Crippen LogP contribution in [0.2, 0.25) is 10.0 Å². The second kappa shape index (κ2) is 6.95. The van der Waals surface area contributed by atoms with E-state index in [4.69, 9.17) is 23.2 Å². The van der Waals surface area contributed by atoms with Crippen LogP contribution in [-0.4, -0.2) is 11.7 Å². The molecule has 2 aromatic rings. The van der Waals surface area contributed by atoms with Gasteiger partial charge in [0, 0.05) is 20.7 Å². The number of carbonyl (C=O) groups excluding carboxylic acids is 1. The number of benzene rings is 2. The summed E-state index contributed by atoms with van der Waals surface area (Å²) in [6, 6.07) is 13.6. The van der Waals surface area contributed by atoms with Crippen LogP contribution in [0.15, 0.2) is 47.4 Å². The first kappa shape index (κ1) is 15.7. The second-order valence-corrected chi connectivity index (χ2v) is 7.12. The van der Waals surface area contributed by atoms with Gasteiger partial charge in [0.15, 0.2) is 0 Å². The van der Waals surface area contributed by atoms with Gasteiger partial charge in [-0.05, 0) is 35.7 Å². The summed E-state index contributed by atoms with van der Waals surface area (Å²) in [6.45, 7) is 0. The Morgan fingerprint density at radius 2 is 1.86 bits per heavy atom. The summed E-state index contributed by atoms with van der Waals surface area (Å²) >= 11 is 14.1. The average Bonchev–Trinajstić information content (AvgIpc) is 2.51. The summed E-state index contributed by atoms with van der Waals surface area (Å²) in [5.41, 5.74) is 1.87. The van der Waals surface area contributed by atoms with E-state index >= 15 is 0 Å². The Morgan fingerprint density at radius 3 is 2.64 bits per heavy atom. The molecule has 0 aromatic heterocycles. The van der Waals surface area contributed by atoms with Gasteiger partial charge in [0.1, 0.15) is 0 Å². The molecule has 5 heteroatoms. The van der Waals surface area contributed by atoms with Gasteiger partial charge in [0.2, 0.25) is 5.91 Å². The van der Waals surface area contributed by atoms with Crippen molar-refractivity contribution in [2.75, 3.05) is 5.75 Å². The van der Waals surface area contributed by atoms with E-state index < -0.39 is 0 Å². The lowest BCUT2D eigenvalue weighted by Gasteiger charge is -2.26. The van der Waals surface area contributed by atoms with Crippen LogP contribution in [0.1, 0.15) is 23.6 Å². The zero-order valence-corrected chi connectivity index (χ0v) is 14.1. The number of halogens is 2. The number of thioether (sulfide) groups is 1. The molecule has 0 radical (unpaired) electrons. The fourth-order valence-electron chi connectivity index (χ4n) is 2.60. The van der Waals surface area contributed by atoms with Gasteiger partial charge in [-0.15, -0.1) is 11.8 Å². The molecule has 0 bridgehead atoms. The molecular weight excluding hydrogens is 337 g/mol. The van der Waals surface area contributed by atoms with Gasteiger partial charge >= 0.3 is 0 Å². The van der Waals surface area contributed by atoms with Crippen molar-refractivity contribution in [2.45, 2.75) is 23.8 Å². The van der Waals surface area contributed by atoms with Crippen molar-refractivity contribution < 1.29 is 4.79 Å². The fraction of sp³-hybridized carbons (Fsp3) is 0.235. The maximum absolute atomic E-state index is 12.4. The summed E-state index contributed by atoms with van der Waals surface area (Å²) in [5, 5.41) is 4.17. The van der Waals surface area contributed by atoms with Gasteiger partial charge in [0.05, 0.1) is 12.5 Å². The highest BCUT2D eigenvalue weighted by atomic mass is 35.5. The summed E-state index contributed by atoms with van der Waals surface area (Å²) in [7, 11) is 0. The van der Waals surface area contributed by atoms with Gasteiger partial charge in [-0.1, -0.05) is 47.5 Å². The van der Waals surface area contributed by atoms with Crippen LogP contribution in [-0.2, 0) is 11.2 Å². The highest BCUT2D eigenvalue weighted by Gasteiger charge is 2.22. The minimum absolute atomic E-state index is 0.0540. The molecule has 1 heterocycles. The maximum atomic E-state index is 12.4. The molecule has 1 atom stereocenters. The first-order chi connectivity index (χ1) is 10.6. The van der Waals surface area contributed by atoms with Crippen molar-refractivity contribution in [1.29, 1.82) is 0 Å². The van der Waals surface area contributed by atoms with Gasteiger partial charge in [-0.25, -0.2) is 0 Å². The number of fused-ring (bicyclic) bond motifs is 1. The lowest BCUT2D eigenvalue weighted by Crippen LogP contribution is -2.31. The average molecular weight is 352 g/mol. The monoisotopic (exact) mass is 351 g/mol. The second-order valence-electron chi connectivity index (χ2n) is 5.17. The molecule has 0 aliphatic carbocycles. The molecule has 1 aliphatic heterocycles. The van der Waals surface area contributed by atoms with Gasteiger partial charge in [-0.2, -0.15) is 0 Å². The van der Waals surface area contributed by atoms with E-state index in [-0.39, 0.29) is 18.4 Å². The number of nitrogens with one attached hydrogen (secondary N) is 1. The van der Waals surface area contributed by atoms with Crippen LogP contribution in [0.5, 0.6) is 0 Å². The van der Waals surface area contributed by atoms with Crippen molar-refractivity contribution >= 4 is 40.9 Å². The Hall–Kier alpha value is -1.16. The molecule has 3 rings (SSSR count). The third-order valence-corrected chi connectivity index (χ3v) is 5.52. The predicted octanol–water partition coefficient (Wildman–Crippen LogP) is 4.89. The minimum Gasteiger partial charge on any atom is -0.349 e.